The maximum atomic E-state index is 12.0. The van der Waals surface area contributed by atoms with Gasteiger partial charge in [-0.05, 0) is 31.6 Å². The lowest BCUT2D eigenvalue weighted by Gasteiger charge is -2.25. The topological polar surface area (TPSA) is 46.3 Å². The van der Waals surface area contributed by atoms with E-state index in [1.165, 1.54) is 0 Å². The first-order valence-corrected chi connectivity index (χ1v) is 5.97. The van der Waals surface area contributed by atoms with E-state index in [4.69, 9.17) is 5.73 Å². The van der Waals surface area contributed by atoms with Gasteiger partial charge >= 0.3 is 0 Å². The molecule has 3 nitrogen and oxygen atoms in total. The fraction of sp³-hybridized carbons (Fsp3) is 0.917. The highest BCUT2D eigenvalue weighted by Crippen LogP contribution is 2.23. The van der Waals surface area contributed by atoms with Gasteiger partial charge in [0.05, 0.1) is 6.04 Å². The maximum absolute atomic E-state index is 12.0. The van der Waals surface area contributed by atoms with Crippen LogP contribution >= 0.6 is 0 Å². The number of amides is 1. The number of hydrogen-bond acceptors (Lipinski definition) is 2. The van der Waals surface area contributed by atoms with Gasteiger partial charge in [0.15, 0.2) is 0 Å². The van der Waals surface area contributed by atoms with E-state index in [0.717, 1.165) is 19.4 Å². The first-order valence-electron chi connectivity index (χ1n) is 5.97. The van der Waals surface area contributed by atoms with Crippen molar-refractivity contribution in [2.75, 3.05) is 6.54 Å². The SMILES string of the molecule is CC(C)C[C@H](N)C(=O)N1CC(C)CC1C. The Labute approximate surface area is 93.0 Å². The second-order valence-electron chi connectivity index (χ2n) is 5.42. The lowest BCUT2D eigenvalue weighted by atomic mass is 10.0. The van der Waals surface area contributed by atoms with Crippen LogP contribution < -0.4 is 5.73 Å². The standard InChI is InChI=1S/C12H24N2O/c1-8(2)5-11(13)12(15)14-7-9(3)6-10(14)4/h8-11H,5-7,13H2,1-4H3/t9?,10?,11-/m0/s1. The Kier molecular flexibility index (Phi) is 4.14. The fourth-order valence-corrected chi connectivity index (χ4v) is 2.43. The van der Waals surface area contributed by atoms with Crippen LogP contribution in [0.2, 0.25) is 0 Å². The number of nitrogens with two attached hydrogens (primary N) is 1. The van der Waals surface area contributed by atoms with E-state index in [9.17, 15) is 4.79 Å². The van der Waals surface area contributed by atoms with Crippen molar-refractivity contribution in [2.45, 2.75) is 52.6 Å². The third-order valence-corrected chi connectivity index (χ3v) is 3.11. The Balaban J connectivity index is 2.52. The Morgan fingerprint density at radius 3 is 2.47 bits per heavy atom. The summed E-state index contributed by atoms with van der Waals surface area (Å²) in [6.07, 6.45) is 1.90. The van der Waals surface area contributed by atoms with E-state index < -0.39 is 0 Å². The molecule has 3 heteroatoms. The molecule has 0 aliphatic carbocycles. The van der Waals surface area contributed by atoms with Crippen LogP contribution in [0.3, 0.4) is 0 Å². The molecule has 0 aromatic carbocycles. The number of hydrogen-bond donors (Lipinski definition) is 1. The first-order chi connectivity index (χ1) is 6.91. The second kappa shape index (κ2) is 4.97. The van der Waals surface area contributed by atoms with Crippen LogP contribution in [0.25, 0.3) is 0 Å². The molecule has 0 spiro atoms. The monoisotopic (exact) mass is 212 g/mol. The fourth-order valence-electron chi connectivity index (χ4n) is 2.43. The molecule has 15 heavy (non-hydrogen) atoms. The van der Waals surface area contributed by atoms with Gasteiger partial charge in [0.25, 0.3) is 0 Å². The molecule has 0 aromatic heterocycles. The van der Waals surface area contributed by atoms with Gasteiger partial charge in [-0.25, -0.2) is 0 Å². The third-order valence-electron chi connectivity index (χ3n) is 3.11. The molecule has 1 aliphatic rings. The highest BCUT2D eigenvalue weighted by Gasteiger charge is 2.32. The minimum Gasteiger partial charge on any atom is -0.338 e. The summed E-state index contributed by atoms with van der Waals surface area (Å²) in [4.78, 5) is 14.0. The zero-order chi connectivity index (χ0) is 11.6. The summed E-state index contributed by atoms with van der Waals surface area (Å²) < 4.78 is 0. The number of likely N-dealkylation sites (tertiary alicyclic amines) is 1. The van der Waals surface area contributed by atoms with Crippen molar-refractivity contribution >= 4 is 5.91 Å². The molecule has 0 radical (unpaired) electrons. The second-order valence-corrected chi connectivity index (χ2v) is 5.42. The van der Waals surface area contributed by atoms with Crippen molar-refractivity contribution in [3.63, 3.8) is 0 Å². The largest absolute Gasteiger partial charge is 0.338 e. The van der Waals surface area contributed by atoms with E-state index in [1.807, 2.05) is 4.90 Å². The summed E-state index contributed by atoms with van der Waals surface area (Å²) in [5.41, 5.74) is 5.91. The molecule has 0 bridgehead atoms. The van der Waals surface area contributed by atoms with Crippen LogP contribution in [0.5, 0.6) is 0 Å². The predicted molar refractivity (Wildman–Crippen MR) is 62.4 cm³/mol. The van der Waals surface area contributed by atoms with Gasteiger partial charge in [0, 0.05) is 12.6 Å². The molecular weight excluding hydrogens is 188 g/mol. The van der Waals surface area contributed by atoms with Crippen LogP contribution in [0, 0.1) is 11.8 Å². The molecule has 0 saturated carbocycles. The smallest absolute Gasteiger partial charge is 0.239 e. The number of carbonyl (C=O) groups excluding carboxylic acids is 1. The Bertz CT molecular complexity index is 228. The van der Waals surface area contributed by atoms with Gasteiger partial charge in [-0.2, -0.15) is 0 Å². The molecule has 1 saturated heterocycles. The van der Waals surface area contributed by atoms with Crippen LogP contribution in [-0.4, -0.2) is 29.4 Å². The molecule has 1 aliphatic heterocycles. The normalized spacial score (nSPS) is 28.5. The van der Waals surface area contributed by atoms with Crippen molar-refractivity contribution in [1.29, 1.82) is 0 Å². The Morgan fingerprint density at radius 2 is 2.07 bits per heavy atom. The van der Waals surface area contributed by atoms with Crippen molar-refractivity contribution in [3.8, 4) is 0 Å². The minimum absolute atomic E-state index is 0.139. The molecule has 1 fully saturated rings. The van der Waals surface area contributed by atoms with E-state index >= 15 is 0 Å². The lowest BCUT2D eigenvalue weighted by Crippen LogP contribution is -2.45. The van der Waals surface area contributed by atoms with Gasteiger partial charge < -0.3 is 10.6 Å². The number of rotatable bonds is 3. The molecule has 1 heterocycles. The van der Waals surface area contributed by atoms with Crippen molar-refractivity contribution in [1.82, 2.24) is 4.90 Å². The zero-order valence-corrected chi connectivity index (χ0v) is 10.4. The number of nitrogens with zero attached hydrogens (tertiary/aromatic N) is 1. The highest BCUT2D eigenvalue weighted by atomic mass is 16.2. The Morgan fingerprint density at radius 1 is 1.47 bits per heavy atom. The van der Waals surface area contributed by atoms with E-state index in [2.05, 4.69) is 27.7 Å². The van der Waals surface area contributed by atoms with E-state index in [1.54, 1.807) is 0 Å². The van der Waals surface area contributed by atoms with Crippen molar-refractivity contribution < 1.29 is 4.79 Å². The Hall–Kier alpha value is -0.570. The van der Waals surface area contributed by atoms with Gasteiger partial charge in [-0.3, -0.25) is 4.79 Å². The molecule has 0 aromatic rings. The van der Waals surface area contributed by atoms with Gasteiger partial charge in [-0.15, -0.1) is 0 Å². The highest BCUT2D eigenvalue weighted by molar-refractivity contribution is 5.82. The molecule has 2 unspecified atom stereocenters. The van der Waals surface area contributed by atoms with Gasteiger partial charge in [-0.1, -0.05) is 20.8 Å². The van der Waals surface area contributed by atoms with Crippen LogP contribution in [0.15, 0.2) is 0 Å². The molecule has 1 rings (SSSR count). The summed E-state index contributed by atoms with van der Waals surface area (Å²) in [5, 5.41) is 0. The molecule has 3 atom stereocenters. The van der Waals surface area contributed by atoms with E-state index in [0.29, 0.717) is 17.9 Å². The van der Waals surface area contributed by atoms with Crippen LogP contribution in [-0.2, 0) is 4.79 Å². The first kappa shape index (κ1) is 12.5. The van der Waals surface area contributed by atoms with Gasteiger partial charge in [0.1, 0.15) is 0 Å². The zero-order valence-electron chi connectivity index (χ0n) is 10.4. The van der Waals surface area contributed by atoms with Crippen LogP contribution in [0.4, 0.5) is 0 Å². The summed E-state index contributed by atoms with van der Waals surface area (Å²) in [5.74, 6) is 1.25. The van der Waals surface area contributed by atoms with E-state index in [-0.39, 0.29) is 11.9 Å². The molecule has 1 amide bonds. The molecule has 2 N–H and O–H groups in total. The quantitative estimate of drug-likeness (QED) is 0.772. The lowest BCUT2D eigenvalue weighted by molar-refractivity contribution is -0.133. The summed E-state index contributed by atoms with van der Waals surface area (Å²) in [7, 11) is 0. The van der Waals surface area contributed by atoms with Crippen LogP contribution in [0.1, 0.15) is 40.5 Å². The summed E-state index contributed by atoms with van der Waals surface area (Å²) in [6, 6.07) is 0.0588. The average Bonchev–Trinajstić information content (AvgIpc) is 2.42. The molecular formula is C12H24N2O. The predicted octanol–water partition coefficient (Wildman–Crippen LogP) is 1.62. The summed E-state index contributed by atoms with van der Waals surface area (Å²) >= 11 is 0. The molecule has 88 valence electrons. The minimum atomic E-state index is -0.308. The van der Waals surface area contributed by atoms with Crippen molar-refractivity contribution in [2.24, 2.45) is 17.6 Å². The number of carbonyl (C=O) groups is 1. The average molecular weight is 212 g/mol. The third kappa shape index (κ3) is 3.20. The van der Waals surface area contributed by atoms with Crippen molar-refractivity contribution in [3.05, 3.63) is 0 Å². The maximum Gasteiger partial charge on any atom is 0.239 e. The summed E-state index contributed by atoms with van der Waals surface area (Å²) in [6.45, 7) is 9.39. The van der Waals surface area contributed by atoms with Gasteiger partial charge in [0.2, 0.25) is 5.91 Å².